The Morgan fingerprint density at radius 3 is 2.61 bits per heavy atom. The monoisotopic (exact) mass is 398 g/mol. The fraction of sp³-hybridized carbons (Fsp3) is 0.200. The van der Waals surface area contributed by atoms with Crippen molar-refractivity contribution in [3.63, 3.8) is 0 Å². The molecule has 0 aliphatic rings. The van der Waals surface area contributed by atoms with Gasteiger partial charge in [-0.25, -0.2) is 9.67 Å². The van der Waals surface area contributed by atoms with Gasteiger partial charge in [0, 0.05) is 29.3 Å². The highest BCUT2D eigenvalue weighted by Gasteiger charge is 2.12. The van der Waals surface area contributed by atoms with E-state index in [2.05, 4.69) is 15.4 Å². The van der Waals surface area contributed by atoms with Crippen LogP contribution in [0.4, 0.5) is 5.82 Å². The molecule has 0 spiro atoms. The van der Waals surface area contributed by atoms with Crippen LogP contribution in [0.2, 0.25) is 5.02 Å². The molecule has 0 saturated heterocycles. The standard InChI is InChI=1S/C20H19ClN4O3/c1-12-8-17(15-9-18(28-3)19(22-10-15)23-13(2)26)24-25(20(12)27)11-14-4-6-16(21)7-5-14/h4-10H,11H2,1-3H3,(H,22,23,26). The summed E-state index contributed by atoms with van der Waals surface area (Å²) in [6, 6.07) is 10.7. The second kappa shape index (κ2) is 8.22. The Labute approximate surface area is 166 Å². The molecular formula is C20H19ClN4O3. The summed E-state index contributed by atoms with van der Waals surface area (Å²) in [6.45, 7) is 3.45. The predicted molar refractivity (Wildman–Crippen MR) is 108 cm³/mol. The average molecular weight is 399 g/mol. The van der Waals surface area contributed by atoms with Gasteiger partial charge < -0.3 is 10.1 Å². The first kappa shape index (κ1) is 19.6. The number of aromatic nitrogens is 3. The molecule has 3 rings (SSSR count). The Hall–Kier alpha value is -3.19. The fourth-order valence-electron chi connectivity index (χ4n) is 2.69. The zero-order valence-electron chi connectivity index (χ0n) is 15.7. The van der Waals surface area contributed by atoms with Crippen LogP contribution in [0.25, 0.3) is 11.3 Å². The van der Waals surface area contributed by atoms with Crippen molar-refractivity contribution in [1.82, 2.24) is 14.8 Å². The second-order valence-electron chi connectivity index (χ2n) is 6.26. The van der Waals surface area contributed by atoms with E-state index in [4.69, 9.17) is 16.3 Å². The van der Waals surface area contributed by atoms with Crippen LogP contribution in [0.1, 0.15) is 18.1 Å². The zero-order chi connectivity index (χ0) is 20.3. The first-order valence-corrected chi connectivity index (χ1v) is 8.90. The van der Waals surface area contributed by atoms with E-state index in [0.29, 0.717) is 40.0 Å². The van der Waals surface area contributed by atoms with Crippen LogP contribution in [-0.2, 0) is 11.3 Å². The summed E-state index contributed by atoms with van der Waals surface area (Å²) < 4.78 is 6.72. The summed E-state index contributed by atoms with van der Waals surface area (Å²) in [5.41, 5.74) is 2.54. The number of rotatable bonds is 5. The van der Waals surface area contributed by atoms with Crippen molar-refractivity contribution in [3.05, 3.63) is 69.1 Å². The third-order valence-corrected chi connectivity index (χ3v) is 4.31. The van der Waals surface area contributed by atoms with Gasteiger partial charge in [-0.05, 0) is 36.8 Å². The third kappa shape index (κ3) is 4.37. The van der Waals surface area contributed by atoms with Crippen LogP contribution < -0.4 is 15.6 Å². The normalized spacial score (nSPS) is 10.6. The van der Waals surface area contributed by atoms with Gasteiger partial charge in [0.15, 0.2) is 11.6 Å². The Morgan fingerprint density at radius 2 is 1.96 bits per heavy atom. The highest BCUT2D eigenvalue weighted by molar-refractivity contribution is 6.30. The maximum Gasteiger partial charge on any atom is 0.270 e. The minimum atomic E-state index is -0.246. The van der Waals surface area contributed by atoms with E-state index in [-0.39, 0.29) is 11.5 Å². The van der Waals surface area contributed by atoms with E-state index in [1.165, 1.54) is 18.7 Å². The number of benzene rings is 1. The molecule has 0 unspecified atom stereocenters. The lowest BCUT2D eigenvalue weighted by molar-refractivity contribution is -0.114. The summed E-state index contributed by atoms with van der Waals surface area (Å²) >= 11 is 5.92. The van der Waals surface area contributed by atoms with Gasteiger partial charge in [0.1, 0.15) is 0 Å². The van der Waals surface area contributed by atoms with E-state index < -0.39 is 0 Å². The molecule has 0 bridgehead atoms. The van der Waals surface area contributed by atoms with E-state index in [1.54, 1.807) is 37.4 Å². The molecule has 8 heteroatoms. The van der Waals surface area contributed by atoms with Gasteiger partial charge in [0.05, 0.1) is 19.3 Å². The molecule has 0 fully saturated rings. The third-order valence-electron chi connectivity index (χ3n) is 4.06. The summed E-state index contributed by atoms with van der Waals surface area (Å²) in [5.74, 6) is 0.483. The molecule has 2 aromatic heterocycles. The SMILES string of the molecule is COc1cc(-c2cc(C)c(=O)n(Cc3ccc(Cl)cc3)n2)cnc1NC(C)=O. The van der Waals surface area contributed by atoms with Gasteiger partial charge in [-0.1, -0.05) is 23.7 Å². The van der Waals surface area contributed by atoms with Crippen molar-refractivity contribution in [2.75, 3.05) is 12.4 Å². The minimum Gasteiger partial charge on any atom is -0.493 e. The van der Waals surface area contributed by atoms with E-state index in [1.807, 2.05) is 12.1 Å². The molecule has 1 N–H and O–H groups in total. The summed E-state index contributed by atoms with van der Waals surface area (Å²) in [7, 11) is 1.49. The molecule has 1 amide bonds. The van der Waals surface area contributed by atoms with E-state index in [9.17, 15) is 9.59 Å². The van der Waals surface area contributed by atoms with Crippen molar-refractivity contribution < 1.29 is 9.53 Å². The number of ether oxygens (including phenoxy) is 1. The molecule has 7 nitrogen and oxygen atoms in total. The van der Waals surface area contributed by atoms with Crippen molar-refractivity contribution in [1.29, 1.82) is 0 Å². The maximum absolute atomic E-state index is 12.5. The molecule has 1 aromatic carbocycles. The number of carbonyl (C=O) groups excluding carboxylic acids is 1. The van der Waals surface area contributed by atoms with E-state index >= 15 is 0 Å². The van der Waals surface area contributed by atoms with Gasteiger partial charge in [-0.2, -0.15) is 5.10 Å². The smallest absolute Gasteiger partial charge is 0.270 e. The molecule has 0 aliphatic carbocycles. The minimum absolute atomic E-state index is 0.173. The molecular weight excluding hydrogens is 380 g/mol. The van der Waals surface area contributed by atoms with Gasteiger partial charge in [0.2, 0.25) is 5.91 Å². The molecule has 0 aliphatic heterocycles. The first-order valence-electron chi connectivity index (χ1n) is 8.52. The van der Waals surface area contributed by atoms with Crippen LogP contribution in [0, 0.1) is 6.92 Å². The molecule has 28 heavy (non-hydrogen) atoms. The van der Waals surface area contributed by atoms with E-state index in [0.717, 1.165) is 5.56 Å². The lowest BCUT2D eigenvalue weighted by Gasteiger charge is -2.12. The lowest BCUT2D eigenvalue weighted by atomic mass is 10.1. The number of pyridine rings is 1. The Kier molecular flexibility index (Phi) is 5.75. The lowest BCUT2D eigenvalue weighted by Crippen LogP contribution is -2.25. The molecule has 2 heterocycles. The van der Waals surface area contributed by atoms with Crippen molar-refractivity contribution in [2.24, 2.45) is 0 Å². The van der Waals surface area contributed by atoms with Crippen LogP contribution in [0.3, 0.4) is 0 Å². The van der Waals surface area contributed by atoms with Gasteiger partial charge in [0.25, 0.3) is 5.56 Å². The molecule has 3 aromatic rings. The van der Waals surface area contributed by atoms with Crippen molar-refractivity contribution in [3.8, 4) is 17.0 Å². The molecule has 0 atom stereocenters. The maximum atomic E-state index is 12.5. The molecule has 0 saturated carbocycles. The number of hydrogen-bond acceptors (Lipinski definition) is 5. The van der Waals surface area contributed by atoms with Crippen LogP contribution in [-0.4, -0.2) is 27.8 Å². The van der Waals surface area contributed by atoms with Crippen molar-refractivity contribution in [2.45, 2.75) is 20.4 Å². The first-order chi connectivity index (χ1) is 13.4. The summed E-state index contributed by atoms with van der Waals surface area (Å²) in [4.78, 5) is 28.0. The molecule has 0 radical (unpaired) electrons. The second-order valence-corrected chi connectivity index (χ2v) is 6.69. The average Bonchev–Trinajstić information content (AvgIpc) is 2.67. The number of carbonyl (C=O) groups is 1. The Balaban J connectivity index is 2.00. The number of methoxy groups -OCH3 is 1. The topological polar surface area (TPSA) is 86.1 Å². The number of anilines is 1. The number of halogens is 1. The Morgan fingerprint density at radius 1 is 1.25 bits per heavy atom. The van der Waals surface area contributed by atoms with Gasteiger partial charge in [-0.15, -0.1) is 0 Å². The van der Waals surface area contributed by atoms with Crippen molar-refractivity contribution >= 4 is 23.3 Å². The molecule has 144 valence electrons. The number of nitrogens with zero attached hydrogens (tertiary/aromatic N) is 3. The van der Waals surface area contributed by atoms with Gasteiger partial charge in [-0.3, -0.25) is 9.59 Å². The van der Waals surface area contributed by atoms with Gasteiger partial charge >= 0.3 is 0 Å². The summed E-state index contributed by atoms with van der Waals surface area (Å²) in [6.07, 6.45) is 1.58. The fourth-order valence-corrected chi connectivity index (χ4v) is 2.81. The van der Waals surface area contributed by atoms with Crippen LogP contribution in [0.5, 0.6) is 5.75 Å². The number of hydrogen-bond donors (Lipinski definition) is 1. The largest absolute Gasteiger partial charge is 0.493 e. The number of aryl methyl sites for hydroxylation is 1. The highest BCUT2D eigenvalue weighted by Crippen LogP contribution is 2.27. The zero-order valence-corrected chi connectivity index (χ0v) is 16.4. The quantitative estimate of drug-likeness (QED) is 0.712. The Bertz CT molecular complexity index is 1080. The predicted octanol–water partition coefficient (Wildman–Crippen LogP) is 3.28. The summed E-state index contributed by atoms with van der Waals surface area (Å²) in [5, 5.41) is 7.72. The number of amides is 1. The number of nitrogens with one attached hydrogen (secondary N) is 1. The highest BCUT2D eigenvalue weighted by atomic mass is 35.5. The van der Waals surface area contributed by atoms with Crippen LogP contribution in [0.15, 0.2) is 47.4 Å². The van der Waals surface area contributed by atoms with Crippen LogP contribution >= 0.6 is 11.6 Å².